The minimum absolute atomic E-state index is 0.247. The molecule has 8 heteroatoms. The zero-order valence-electron chi connectivity index (χ0n) is 15.0. The minimum Gasteiger partial charge on any atom is -0.466 e. The van der Waals surface area contributed by atoms with Crippen LogP contribution < -0.4 is 0 Å². The van der Waals surface area contributed by atoms with Crippen molar-refractivity contribution in [2.75, 3.05) is 27.4 Å². The topological polar surface area (TPSA) is 105 Å². The van der Waals surface area contributed by atoms with E-state index in [1.54, 1.807) is 0 Å². The average Bonchev–Trinajstić information content (AvgIpc) is 2.67. The summed E-state index contributed by atoms with van der Waals surface area (Å²) in [7, 11) is 2.45. The lowest BCUT2D eigenvalue weighted by Gasteiger charge is -2.27. The third-order valence-corrected chi connectivity index (χ3v) is 4.00. The molecule has 1 rings (SSSR count). The molecule has 0 atom stereocenters. The van der Waals surface area contributed by atoms with Crippen LogP contribution in [0.1, 0.15) is 25.7 Å². The average molecular weight is 368 g/mol. The zero-order chi connectivity index (χ0) is 19.4. The zero-order valence-corrected chi connectivity index (χ0v) is 15.0. The summed E-state index contributed by atoms with van der Waals surface area (Å²) in [5.74, 6) is -1.89. The maximum Gasteiger partial charge on any atom is 0.331 e. The van der Waals surface area contributed by atoms with Crippen molar-refractivity contribution in [3.63, 3.8) is 0 Å². The van der Waals surface area contributed by atoms with Crippen LogP contribution >= 0.6 is 0 Å². The molecule has 1 fully saturated rings. The monoisotopic (exact) mass is 368 g/mol. The predicted molar refractivity (Wildman–Crippen MR) is 89.7 cm³/mol. The fourth-order valence-electron chi connectivity index (χ4n) is 2.47. The van der Waals surface area contributed by atoms with Crippen molar-refractivity contribution in [1.82, 2.24) is 0 Å². The first kappa shape index (κ1) is 21.4. The van der Waals surface area contributed by atoms with Gasteiger partial charge in [0.1, 0.15) is 0 Å². The number of carbonyl (C=O) groups is 4. The Hall–Kier alpha value is -2.64. The molecule has 1 saturated carbocycles. The summed E-state index contributed by atoms with van der Waals surface area (Å²) in [6.07, 6.45) is 7.53. The number of hydrogen-bond donors (Lipinski definition) is 0. The SMILES string of the molecule is COC(=O)/C=C\C(=O)OCC1CCC(COC(=O)/C=C\C(=O)OC)CC1. The van der Waals surface area contributed by atoms with Gasteiger partial charge in [0.05, 0.1) is 27.4 Å². The molecule has 0 unspecified atom stereocenters. The molecule has 0 bridgehead atoms. The van der Waals surface area contributed by atoms with Gasteiger partial charge in [-0.1, -0.05) is 0 Å². The Morgan fingerprint density at radius 1 is 0.654 bits per heavy atom. The number of methoxy groups -OCH3 is 2. The van der Waals surface area contributed by atoms with E-state index in [1.807, 2.05) is 0 Å². The van der Waals surface area contributed by atoms with Crippen LogP contribution in [0.2, 0.25) is 0 Å². The molecule has 0 spiro atoms. The molecule has 0 aromatic heterocycles. The molecule has 0 aromatic carbocycles. The largest absolute Gasteiger partial charge is 0.466 e. The minimum atomic E-state index is -0.613. The first-order valence-electron chi connectivity index (χ1n) is 8.30. The molecule has 0 amide bonds. The van der Waals surface area contributed by atoms with Gasteiger partial charge in [0, 0.05) is 24.3 Å². The number of hydrogen-bond acceptors (Lipinski definition) is 8. The molecular formula is C18H24O8. The summed E-state index contributed by atoms with van der Waals surface area (Å²) in [6.45, 7) is 0.581. The third-order valence-electron chi connectivity index (χ3n) is 4.00. The Bertz CT molecular complexity index is 506. The van der Waals surface area contributed by atoms with Gasteiger partial charge in [-0.25, -0.2) is 19.2 Å². The predicted octanol–water partition coefficient (Wildman–Crippen LogP) is 1.34. The number of rotatable bonds is 8. The van der Waals surface area contributed by atoms with E-state index in [0.29, 0.717) is 13.2 Å². The molecule has 8 nitrogen and oxygen atoms in total. The van der Waals surface area contributed by atoms with E-state index >= 15 is 0 Å². The van der Waals surface area contributed by atoms with Crippen LogP contribution in [0.3, 0.4) is 0 Å². The molecule has 0 aromatic rings. The Balaban J connectivity index is 2.20. The molecule has 0 heterocycles. The van der Waals surface area contributed by atoms with Gasteiger partial charge >= 0.3 is 23.9 Å². The van der Waals surface area contributed by atoms with Crippen molar-refractivity contribution in [2.24, 2.45) is 11.8 Å². The van der Waals surface area contributed by atoms with Crippen LogP contribution in [0.25, 0.3) is 0 Å². The van der Waals surface area contributed by atoms with Gasteiger partial charge in [0.15, 0.2) is 0 Å². The lowest BCUT2D eigenvalue weighted by Crippen LogP contribution is -2.23. The first-order chi connectivity index (χ1) is 12.4. The fourth-order valence-corrected chi connectivity index (χ4v) is 2.47. The number of carbonyl (C=O) groups excluding carboxylic acids is 4. The van der Waals surface area contributed by atoms with Gasteiger partial charge in [-0.2, -0.15) is 0 Å². The van der Waals surface area contributed by atoms with Crippen LogP contribution in [-0.4, -0.2) is 51.3 Å². The standard InChI is InChI=1S/C18H24O8/c1-23-15(19)7-9-17(21)25-11-13-3-5-14(6-4-13)12-26-18(22)10-8-16(20)24-2/h7-10,13-14H,3-6,11-12H2,1-2H3/b9-7-,10-8-. The van der Waals surface area contributed by atoms with Crippen molar-refractivity contribution in [3.8, 4) is 0 Å². The van der Waals surface area contributed by atoms with E-state index < -0.39 is 23.9 Å². The molecule has 1 aliphatic carbocycles. The third kappa shape index (κ3) is 9.00. The number of ether oxygens (including phenoxy) is 4. The highest BCUT2D eigenvalue weighted by Crippen LogP contribution is 2.29. The van der Waals surface area contributed by atoms with Crippen molar-refractivity contribution in [1.29, 1.82) is 0 Å². The molecular weight excluding hydrogens is 344 g/mol. The highest BCUT2D eigenvalue weighted by molar-refractivity contribution is 5.92. The maximum absolute atomic E-state index is 11.5. The molecule has 1 aliphatic rings. The molecule has 0 N–H and O–H groups in total. The van der Waals surface area contributed by atoms with E-state index in [9.17, 15) is 19.2 Å². The molecule has 144 valence electrons. The van der Waals surface area contributed by atoms with Crippen molar-refractivity contribution >= 4 is 23.9 Å². The smallest absolute Gasteiger partial charge is 0.331 e. The van der Waals surface area contributed by atoms with Gasteiger partial charge in [0.2, 0.25) is 0 Å². The second kappa shape index (κ2) is 11.8. The van der Waals surface area contributed by atoms with Gasteiger partial charge < -0.3 is 18.9 Å². The number of esters is 4. The van der Waals surface area contributed by atoms with Crippen molar-refractivity contribution in [3.05, 3.63) is 24.3 Å². The quantitative estimate of drug-likeness (QED) is 0.359. The van der Waals surface area contributed by atoms with Crippen LogP contribution in [0.4, 0.5) is 0 Å². The highest BCUT2D eigenvalue weighted by Gasteiger charge is 2.23. The Kier molecular flexibility index (Phi) is 9.74. The summed E-state index contributed by atoms with van der Waals surface area (Å²) < 4.78 is 19.0. The van der Waals surface area contributed by atoms with Gasteiger partial charge in [-0.3, -0.25) is 0 Å². The highest BCUT2D eigenvalue weighted by atomic mass is 16.5. The van der Waals surface area contributed by atoms with Crippen molar-refractivity contribution in [2.45, 2.75) is 25.7 Å². The van der Waals surface area contributed by atoms with E-state index in [0.717, 1.165) is 50.0 Å². The van der Waals surface area contributed by atoms with Crippen LogP contribution in [-0.2, 0) is 38.1 Å². The lowest BCUT2D eigenvalue weighted by atomic mass is 9.83. The fraction of sp³-hybridized carbons (Fsp3) is 0.556. The van der Waals surface area contributed by atoms with Crippen LogP contribution in [0.5, 0.6) is 0 Å². The first-order valence-corrected chi connectivity index (χ1v) is 8.30. The summed E-state index contributed by atoms with van der Waals surface area (Å²) in [5, 5.41) is 0. The summed E-state index contributed by atoms with van der Waals surface area (Å²) >= 11 is 0. The Morgan fingerprint density at radius 2 is 0.962 bits per heavy atom. The molecule has 0 aliphatic heterocycles. The van der Waals surface area contributed by atoms with E-state index in [1.165, 1.54) is 14.2 Å². The second-order valence-electron chi connectivity index (χ2n) is 5.86. The van der Waals surface area contributed by atoms with Gasteiger partial charge in [-0.05, 0) is 37.5 Å². The molecule has 0 radical (unpaired) electrons. The van der Waals surface area contributed by atoms with Gasteiger partial charge in [-0.15, -0.1) is 0 Å². The van der Waals surface area contributed by atoms with Gasteiger partial charge in [0.25, 0.3) is 0 Å². The van der Waals surface area contributed by atoms with E-state index in [2.05, 4.69) is 9.47 Å². The van der Waals surface area contributed by atoms with Crippen LogP contribution in [0.15, 0.2) is 24.3 Å². The summed E-state index contributed by atoms with van der Waals surface area (Å²) in [6, 6.07) is 0. The van der Waals surface area contributed by atoms with E-state index in [4.69, 9.17) is 9.47 Å². The maximum atomic E-state index is 11.5. The van der Waals surface area contributed by atoms with Crippen molar-refractivity contribution < 1.29 is 38.1 Å². The van der Waals surface area contributed by atoms with E-state index in [-0.39, 0.29) is 11.8 Å². The van der Waals surface area contributed by atoms with Crippen LogP contribution in [0, 0.1) is 11.8 Å². The normalized spacial score (nSPS) is 19.9. The summed E-state index contributed by atoms with van der Waals surface area (Å²) in [4.78, 5) is 44.7. The Labute approximate surface area is 152 Å². The summed E-state index contributed by atoms with van der Waals surface area (Å²) in [5.41, 5.74) is 0. The molecule has 0 saturated heterocycles. The Morgan fingerprint density at radius 3 is 1.27 bits per heavy atom. The lowest BCUT2D eigenvalue weighted by molar-refractivity contribution is -0.142. The molecule has 26 heavy (non-hydrogen) atoms. The second-order valence-corrected chi connectivity index (χ2v) is 5.86.